The molecular formula is C14H17NO2. The van der Waals surface area contributed by atoms with Crippen molar-refractivity contribution in [3.05, 3.63) is 30.1 Å². The summed E-state index contributed by atoms with van der Waals surface area (Å²) in [5.41, 5.74) is 1.20. The van der Waals surface area contributed by atoms with Gasteiger partial charge in [-0.2, -0.15) is 0 Å². The van der Waals surface area contributed by atoms with Crippen LogP contribution in [-0.2, 0) is 9.59 Å². The van der Waals surface area contributed by atoms with Crippen molar-refractivity contribution in [2.24, 2.45) is 5.92 Å². The van der Waals surface area contributed by atoms with Crippen molar-refractivity contribution >= 4 is 11.6 Å². The van der Waals surface area contributed by atoms with Gasteiger partial charge in [-0.25, -0.2) is 0 Å². The highest BCUT2D eigenvalue weighted by molar-refractivity contribution is 6.02. The van der Waals surface area contributed by atoms with Crippen LogP contribution in [0, 0.1) is 5.92 Å². The fourth-order valence-electron chi connectivity index (χ4n) is 2.52. The summed E-state index contributed by atoms with van der Waals surface area (Å²) in [6.45, 7) is 1.83. The third kappa shape index (κ3) is 2.60. The van der Waals surface area contributed by atoms with Crippen molar-refractivity contribution in [3.8, 4) is 0 Å². The van der Waals surface area contributed by atoms with E-state index < -0.39 is 0 Å². The molecule has 1 aliphatic carbocycles. The summed E-state index contributed by atoms with van der Waals surface area (Å²) >= 11 is 0. The summed E-state index contributed by atoms with van der Waals surface area (Å²) in [7, 11) is 0. The van der Waals surface area contributed by atoms with Gasteiger partial charge in [0.2, 0.25) is 0 Å². The molecule has 0 bridgehead atoms. The van der Waals surface area contributed by atoms with E-state index in [0.29, 0.717) is 25.2 Å². The molecule has 0 saturated heterocycles. The average Bonchev–Trinajstić information content (AvgIpc) is 2.39. The number of carbonyl (C=O) groups excluding carboxylic acids is 2. The predicted molar refractivity (Wildman–Crippen MR) is 64.6 cm³/mol. The van der Waals surface area contributed by atoms with Crippen LogP contribution < -0.4 is 0 Å². The van der Waals surface area contributed by atoms with E-state index in [-0.39, 0.29) is 17.5 Å². The van der Waals surface area contributed by atoms with Crippen LogP contribution in [0.4, 0.5) is 0 Å². The van der Waals surface area contributed by atoms with Gasteiger partial charge in [-0.05, 0) is 36.5 Å². The third-order valence-electron chi connectivity index (χ3n) is 3.56. The molecule has 1 fully saturated rings. The smallest absolute Gasteiger partial charge is 0.143 e. The van der Waals surface area contributed by atoms with Crippen molar-refractivity contribution in [1.82, 2.24) is 4.98 Å². The fourth-order valence-corrected chi connectivity index (χ4v) is 2.52. The molecule has 90 valence electrons. The highest BCUT2D eigenvalue weighted by atomic mass is 16.1. The average molecular weight is 231 g/mol. The molecule has 0 spiro atoms. The Labute approximate surface area is 101 Å². The Kier molecular flexibility index (Phi) is 3.67. The van der Waals surface area contributed by atoms with Crippen LogP contribution in [0.2, 0.25) is 0 Å². The SMILES string of the molecule is CCC(=O)[C@H]1C[C@@H](c2ccncc2)CCC1=O. The van der Waals surface area contributed by atoms with Crippen molar-refractivity contribution in [2.45, 2.75) is 38.5 Å². The van der Waals surface area contributed by atoms with Gasteiger partial charge < -0.3 is 0 Å². The molecule has 2 rings (SSSR count). The van der Waals surface area contributed by atoms with Crippen LogP contribution in [0.3, 0.4) is 0 Å². The van der Waals surface area contributed by atoms with E-state index in [9.17, 15) is 9.59 Å². The lowest BCUT2D eigenvalue weighted by Gasteiger charge is -2.27. The maximum Gasteiger partial charge on any atom is 0.143 e. The molecule has 3 heteroatoms. The van der Waals surface area contributed by atoms with Crippen LogP contribution in [0.15, 0.2) is 24.5 Å². The molecule has 2 atom stereocenters. The van der Waals surface area contributed by atoms with Gasteiger partial charge in [0.1, 0.15) is 11.6 Å². The standard InChI is InChI=1S/C14H17NO2/c1-2-13(16)12-9-11(3-4-14(12)17)10-5-7-15-8-6-10/h5-8,11-12H,2-4,9H2,1H3/t11-,12+/m0/s1. The highest BCUT2D eigenvalue weighted by Gasteiger charge is 2.33. The van der Waals surface area contributed by atoms with Crippen LogP contribution in [-0.4, -0.2) is 16.6 Å². The lowest BCUT2D eigenvalue weighted by atomic mass is 9.75. The second-order valence-electron chi connectivity index (χ2n) is 4.59. The summed E-state index contributed by atoms with van der Waals surface area (Å²) in [5, 5.41) is 0. The maximum atomic E-state index is 11.7. The zero-order valence-corrected chi connectivity index (χ0v) is 10.1. The molecule has 1 aliphatic rings. The first-order valence-corrected chi connectivity index (χ1v) is 6.17. The summed E-state index contributed by atoms with van der Waals surface area (Å²) in [6, 6.07) is 3.96. The molecule has 0 amide bonds. The Bertz CT molecular complexity index is 405. The molecule has 0 unspecified atom stereocenters. The second kappa shape index (κ2) is 5.21. The van der Waals surface area contributed by atoms with Crippen LogP contribution >= 0.6 is 0 Å². The quantitative estimate of drug-likeness (QED) is 0.751. The number of ketones is 2. The zero-order chi connectivity index (χ0) is 12.3. The molecule has 3 nitrogen and oxygen atoms in total. The Morgan fingerprint density at radius 2 is 2.12 bits per heavy atom. The zero-order valence-electron chi connectivity index (χ0n) is 10.1. The first-order valence-electron chi connectivity index (χ1n) is 6.17. The van der Waals surface area contributed by atoms with Crippen molar-refractivity contribution in [3.63, 3.8) is 0 Å². The number of pyridine rings is 1. The minimum atomic E-state index is -0.369. The van der Waals surface area contributed by atoms with Crippen LogP contribution in [0.1, 0.15) is 44.1 Å². The highest BCUT2D eigenvalue weighted by Crippen LogP contribution is 2.34. The molecule has 1 aromatic rings. The summed E-state index contributed by atoms with van der Waals surface area (Å²) in [6.07, 6.45) is 6.06. The minimum absolute atomic E-state index is 0.0914. The Balaban J connectivity index is 2.13. The fraction of sp³-hybridized carbons (Fsp3) is 0.500. The second-order valence-corrected chi connectivity index (χ2v) is 4.59. The van der Waals surface area contributed by atoms with Gasteiger partial charge in [-0.1, -0.05) is 6.92 Å². The van der Waals surface area contributed by atoms with Gasteiger partial charge in [-0.15, -0.1) is 0 Å². The maximum absolute atomic E-state index is 11.7. The number of hydrogen-bond acceptors (Lipinski definition) is 3. The van der Waals surface area contributed by atoms with E-state index in [1.54, 1.807) is 12.4 Å². The first kappa shape index (κ1) is 12.0. The van der Waals surface area contributed by atoms with Gasteiger partial charge in [0, 0.05) is 25.2 Å². The number of carbonyl (C=O) groups is 2. The molecular weight excluding hydrogens is 214 g/mol. The van der Waals surface area contributed by atoms with Crippen molar-refractivity contribution in [1.29, 1.82) is 0 Å². The summed E-state index contributed by atoms with van der Waals surface area (Å²) < 4.78 is 0. The normalized spacial score (nSPS) is 24.6. The van der Waals surface area contributed by atoms with E-state index in [1.807, 2.05) is 19.1 Å². The van der Waals surface area contributed by atoms with E-state index in [0.717, 1.165) is 6.42 Å². The van der Waals surface area contributed by atoms with Crippen molar-refractivity contribution in [2.75, 3.05) is 0 Å². The molecule has 1 heterocycles. The summed E-state index contributed by atoms with van der Waals surface area (Å²) in [4.78, 5) is 27.5. The number of rotatable bonds is 3. The lowest BCUT2D eigenvalue weighted by Crippen LogP contribution is -2.30. The molecule has 1 aromatic heterocycles. The Morgan fingerprint density at radius 1 is 1.41 bits per heavy atom. The van der Waals surface area contributed by atoms with E-state index in [1.165, 1.54) is 5.56 Å². The van der Waals surface area contributed by atoms with Crippen molar-refractivity contribution < 1.29 is 9.59 Å². The van der Waals surface area contributed by atoms with Gasteiger partial charge in [0.25, 0.3) is 0 Å². The topological polar surface area (TPSA) is 47.0 Å². The third-order valence-corrected chi connectivity index (χ3v) is 3.56. The Hall–Kier alpha value is -1.51. The molecule has 0 aliphatic heterocycles. The van der Waals surface area contributed by atoms with Crippen LogP contribution in [0.25, 0.3) is 0 Å². The van der Waals surface area contributed by atoms with Gasteiger partial charge in [-0.3, -0.25) is 14.6 Å². The molecule has 1 saturated carbocycles. The number of nitrogens with zero attached hydrogens (tertiary/aromatic N) is 1. The van der Waals surface area contributed by atoms with E-state index in [4.69, 9.17) is 0 Å². The van der Waals surface area contributed by atoms with Crippen LogP contribution in [0.5, 0.6) is 0 Å². The Morgan fingerprint density at radius 3 is 2.76 bits per heavy atom. The van der Waals surface area contributed by atoms with E-state index in [2.05, 4.69) is 4.98 Å². The first-order chi connectivity index (χ1) is 8.22. The molecule has 0 radical (unpaired) electrons. The molecule has 0 aromatic carbocycles. The monoisotopic (exact) mass is 231 g/mol. The number of aromatic nitrogens is 1. The van der Waals surface area contributed by atoms with E-state index >= 15 is 0 Å². The number of hydrogen-bond donors (Lipinski definition) is 0. The predicted octanol–water partition coefficient (Wildman–Crippen LogP) is 2.51. The largest absolute Gasteiger partial charge is 0.299 e. The van der Waals surface area contributed by atoms with Gasteiger partial charge in [0.05, 0.1) is 5.92 Å². The van der Waals surface area contributed by atoms with Gasteiger partial charge >= 0.3 is 0 Å². The molecule has 0 N–H and O–H groups in total. The lowest BCUT2D eigenvalue weighted by molar-refractivity contribution is -0.134. The minimum Gasteiger partial charge on any atom is -0.299 e. The molecule has 17 heavy (non-hydrogen) atoms. The summed E-state index contributed by atoms with van der Waals surface area (Å²) in [5.74, 6) is 0.180. The number of Topliss-reactive ketones (excluding diaryl/α,β-unsaturated/α-hetero) is 2. The van der Waals surface area contributed by atoms with Gasteiger partial charge in [0.15, 0.2) is 0 Å².